The Labute approximate surface area is 186 Å². The van der Waals surface area contributed by atoms with Crippen molar-refractivity contribution < 1.29 is 19.1 Å². The minimum absolute atomic E-state index is 0.0494. The van der Waals surface area contributed by atoms with Gasteiger partial charge in [0.25, 0.3) is 5.91 Å². The van der Waals surface area contributed by atoms with Crippen LogP contribution in [0.4, 0.5) is 5.82 Å². The zero-order chi connectivity index (χ0) is 22.2. The second kappa shape index (κ2) is 8.29. The predicted octanol–water partition coefficient (Wildman–Crippen LogP) is 1.82. The Bertz CT molecular complexity index is 1060. The minimum Gasteiger partial charge on any atom is -0.486 e. The van der Waals surface area contributed by atoms with Crippen molar-refractivity contribution >= 4 is 17.6 Å². The third-order valence-electron chi connectivity index (χ3n) is 6.39. The van der Waals surface area contributed by atoms with E-state index in [1.807, 2.05) is 16.8 Å². The number of hydrogen-bond donors (Lipinski definition) is 1. The first-order chi connectivity index (χ1) is 15.5. The fourth-order valence-electron chi connectivity index (χ4n) is 4.61. The fourth-order valence-corrected chi connectivity index (χ4v) is 4.61. The number of rotatable bonds is 3. The lowest BCUT2D eigenvalue weighted by Crippen LogP contribution is -2.37. The van der Waals surface area contributed by atoms with Crippen LogP contribution >= 0.6 is 0 Å². The first kappa shape index (κ1) is 20.5. The van der Waals surface area contributed by atoms with Crippen molar-refractivity contribution in [2.75, 3.05) is 45.2 Å². The molecule has 1 atom stereocenters. The highest BCUT2D eigenvalue weighted by Crippen LogP contribution is 2.33. The number of amides is 2. The summed E-state index contributed by atoms with van der Waals surface area (Å²) in [6, 6.07) is 5.33. The van der Waals surface area contributed by atoms with Crippen molar-refractivity contribution in [2.45, 2.75) is 32.2 Å². The summed E-state index contributed by atoms with van der Waals surface area (Å²) >= 11 is 0. The van der Waals surface area contributed by atoms with Gasteiger partial charge in [0.15, 0.2) is 11.5 Å². The summed E-state index contributed by atoms with van der Waals surface area (Å²) in [4.78, 5) is 38.2. The number of benzene rings is 1. The van der Waals surface area contributed by atoms with Gasteiger partial charge in [0.05, 0.1) is 12.2 Å². The molecule has 9 heteroatoms. The van der Waals surface area contributed by atoms with E-state index < -0.39 is 0 Å². The maximum atomic E-state index is 13.2. The molecule has 0 radical (unpaired) electrons. The van der Waals surface area contributed by atoms with Crippen LogP contribution in [0.1, 0.15) is 46.7 Å². The van der Waals surface area contributed by atoms with Crippen LogP contribution in [0.5, 0.6) is 11.5 Å². The van der Waals surface area contributed by atoms with Gasteiger partial charge in [0.1, 0.15) is 24.9 Å². The molecule has 1 fully saturated rings. The smallest absolute Gasteiger partial charge is 0.254 e. The number of aromatic nitrogens is 2. The van der Waals surface area contributed by atoms with Crippen LogP contribution in [0.2, 0.25) is 0 Å². The summed E-state index contributed by atoms with van der Waals surface area (Å²) in [6.07, 6.45) is 1.54. The number of nitrogens with one attached hydrogen (secondary N) is 1. The molecule has 2 amide bonds. The molecule has 3 aliphatic heterocycles. The molecule has 1 unspecified atom stereocenters. The van der Waals surface area contributed by atoms with E-state index in [2.05, 4.69) is 5.32 Å². The molecule has 0 spiro atoms. The SMILES string of the molecule is CNc1nc(C2CCN(C(C)=O)C2)nc2c1CN(C(=O)c1ccc3c(c1)OCCO3)CC2. The number of carbonyl (C=O) groups excluding carboxylic acids is 2. The van der Waals surface area contributed by atoms with Crippen molar-refractivity contribution in [1.82, 2.24) is 19.8 Å². The number of ether oxygens (including phenoxy) is 2. The van der Waals surface area contributed by atoms with E-state index >= 15 is 0 Å². The highest BCUT2D eigenvalue weighted by Gasteiger charge is 2.31. The molecule has 0 saturated carbocycles. The van der Waals surface area contributed by atoms with Gasteiger partial charge in [0, 0.05) is 57.1 Å². The first-order valence-corrected chi connectivity index (χ1v) is 11.1. The number of anilines is 1. The number of hydrogen-bond acceptors (Lipinski definition) is 7. The lowest BCUT2D eigenvalue weighted by molar-refractivity contribution is -0.127. The van der Waals surface area contributed by atoms with E-state index in [0.29, 0.717) is 56.3 Å². The van der Waals surface area contributed by atoms with E-state index in [9.17, 15) is 9.59 Å². The van der Waals surface area contributed by atoms with Crippen molar-refractivity contribution in [1.29, 1.82) is 0 Å². The maximum absolute atomic E-state index is 13.2. The van der Waals surface area contributed by atoms with Crippen molar-refractivity contribution in [3.8, 4) is 11.5 Å². The molecule has 3 aliphatic rings. The van der Waals surface area contributed by atoms with Crippen molar-refractivity contribution in [2.24, 2.45) is 0 Å². The standard InChI is InChI=1S/C23H27N5O4/c1-14(29)27-7-5-16(12-27)21-25-18-6-8-28(13-17(18)22(24-2)26-21)23(30)15-3-4-19-20(11-15)32-10-9-31-19/h3-4,11,16H,5-10,12-13H2,1-2H3,(H,24,25,26). The molecule has 1 aromatic carbocycles. The lowest BCUT2D eigenvalue weighted by Gasteiger charge is -2.30. The minimum atomic E-state index is -0.0494. The van der Waals surface area contributed by atoms with E-state index in [1.165, 1.54) is 0 Å². The molecule has 1 saturated heterocycles. The molecular formula is C23H27N5O4. The van der Waals surface area contributed by atoms with E-state index in [1.54, 1.807) is 25.1 Å². The quantitative estimate of drug-likeness (QED) is 0.782. The van der Waals surface area contributed by atoms with E-state index in [-0.39, 0.29) is 17.7 Å². The van der Waals surface area contributed by atoms with Crippen LogP contribution < -0.4 is 14.8 Å². The second-order valence-corrected chi connectivity index (χ2v) is 8.39. The molecule has 1 aromatic heterocycles. The summed E-state index contributed by atoms with van der Waals surface area (Å²) in [6.45, 7) is 5.04. The predicted molar refractivity (Wildman–Crippen MR) is 117 cm³/mol. The Kier molecular flexibility index (Phi) is 5.32. The van der Waals surface area contributed by atoms with Crippen molar-refractivity contribution in [3.63, 3.8) is 0 Å². The molecule has 2 aromatic rings. The third-order valence-corrected chi connectivity index (χ3v) is 6.39. The molecule has 4 heterocycles. The number of likely N-dealkylation sites (tertiary alicyclic amines) is 1. The fraction of sp³-hybridized carbons (Fsp3) is 0.478. The molecule has 168 valence electrons. The molecule has 32 heavy (non-hydrogen) atoms. The van der Waals surface area contributed by atoms with Gasteiger partial charge in [-0.3, -0.25) is 9.59 Å². The van der Waals surface area contributed by atoms with Crippen LogP contribution in [-0.2, 0) is 17.8 Å². The molecule has 5 rings (SSSR count). The van der Waals surface area contributed by atoms with Crippen LogP contribution in [0.15, 0.2) is 18.2 Å². The Morgan fingerprint density at radius 3 is 2.66 bits per heavy atom. The number of nitrogens with zero attached hydrogens (tertiary/aromatic N) is 4. The largest absolute Gasteiger partial charge is 0.486 e. The zero-order valence-corrected chi connectivity index (χ0v) is 18.4. The summed E-state index contributed by atoms with van der Waals surface area (Å²) in [7, 11) is 1.84. The molecular weight excluding hydrogens is 410 g/mol. The molecule has 1 N–H and O–H groups in total. The van der Waals surface area contributed by atoms with E-state index in [0.717, 1.165) is 35.9 Å². The Balaban J connectivity index is 1.36. The van der Waals surface area contributed by atoms with Gasteiger partial charge < -0.3 is 24.6 Å². The van der Waals surface area contributed by atoms with Crippen LogP contribution in [0.3, 0.4) is 0 Å². The van der Waals surface area contributed by atoms with Crippen LogP contribution in [-0.4, -0.2) is 71.5 Å². The zero-order valence-electron chi connectivity index (χ0n) is 18.4. The first-order valence-electron chi connectivity index (χ1n) is 11.1. The van der Waals surface area contributed by atoms with Gasteiger partial charge in [-0.2, -0.15) is 0 Å². The van der Waals surface area contributed by atoms with Gasteiger partial charge in [0.2, 0.25) is 5.91 Å². The van der Waals surface area contributed by atoms with Crippen LogP contribution in [0.25, 0.3) is 0 Å². The monoisotopic (exact) mass is 437 g/mol. The van der Waals surface area contributed by atoms with Gasteiger partial charge in [-0.15, -0.1) is 0 Å². The Hall–Kier alpha value is -3.36. The number of fused-ring (bicyclic) bond motifs is 2. The normalized spacial score (nSPS) is 19.5. The topological polar surface area (TPSA) is 96.9 Å². The third kappa shape index (κ3) is 3.72. The average Bonchev–Trinajstić information content (AvgIpc) is 3.33. The van der Waals surface area contributed by atoms with Gasteiger partial charge >= 0.3 is 0 Å². The van der Waals surface area contributed by atoms with Crippen LogP contribution in [0, 0.1) is 0 Å². The summed E-state index contributed by atoms with van der Waals surface area (Å²) in [5.41, 5.74) is 2.51. The van der Waals surface area contributed by atoms with E-state index in [4.69, 9.17) is 19.4 Å². The molecule has 0 aliphatic carbocycles. The highest BCUT2D eigenvalue weighted by molar-refractivity contribution is 5.95. The molecule has 0 bridgehead atoms. The Morgan fingerprint density at radius 2 is 1.91 bits per heavy atom. The van der Waals surface area contributed by atoms with Crippen molar-refractivity contribution in [3.05, 3.63) is 40.8 Å². The highest BCUT2D eigenvalue weighted by atomic mass is 16.6. The summed E-state index contributed by atoms with van der Waals surface area (Å²) in [5.74, 6) is 3.01. The maximum Gasteiger partial charge on any atom is 0.254 e. The van der Waals surface area contributed by atoms with Gasteiger partial charge in [-0.25, -0.2) is 9.97 Å². The summed E-state index contributed by atoms with van der Waals surface area (Å²) < 4.78 is 11.2. The molecule has 9 nitrogen and oxygen atoms in total. The number of carbonyl (C=O) groups is 2. The average molecular weight is 438 g/mol. The summed E-state index contributed by atoms with van der Waals surface area (Å²) in [5, 5.41) is 3.19. The van der Waals surface area contributed by atoms with Gasteiger partial charge in [-0.05, 0) is 24.6 Å². The second-order valence-electron chi connectivity index (χ2n) is 8.39. The lowest BCUT2D eigenvalue weighted by atomic mass is 10.0. The Morgan fingerprint density at radius 1 is 1.09 bits per heavy atom. The van der Waals surface area contributed by atoms with Gasteiger partial charge in [-0.1, -0.05) is 0 Å².